The second-order valence-corrected chi connectivity index (χ2v) is 8.39. The van der Waals surface area contributed by atoms with E-state index >= 15 is 0 Å². The smallest absolute Gasteiger partial charge is 0.234 e. The number of rotatable bonds is 7. The number of nitrogens with one attached hydrogen (secondary N) is 1. The van der Waals surface area contributed by atoms with E-state index in [1.807, 2.05) is 25.1 Å². The fourth-order valence-electron chi connectivity index (χ4n) is 3.53. The van der Waals surface area contributed by atoms with Crippen LogP contribution < -0.4 is 11.2 Å². The molecule has 146 valence electrons. The third-order valence-corrected chi connectivity index (χ3v) is 6.30. The van der Waals surface area contributed by atoms with Gasteiger partial charge in [0.15, 0.2) is 5.82 Å². The topological polar surface area (TPSA) is 85.8 Å². The number of aromatic nitrogens is 3. The molecule has 0 radical (unpaired) electrons. The van der Waals surface area contributed by atoms with Crippen LogP contribution in [0.15, 0.2) is 23.4 Å². The zero-order valence-electron chi connectivity index (χ0n) is 16.2. The Morgan fingerprint density at radius 1 is 1.22 bits per heavy atom. The molecule has 3 N–H and O–H groups in total. The molecule has 0 spiro atoms. The first kappa shape index (κ1) is 19.7. The van der Waals surface area contributed by atoms with Gasteiger partial charge in [-0.15, -0.1) is 10.2 Å². The monoisotopic (exact) mass is 387 g/mol. The third kappa shape index (κ3) is 5.48. The Bertz CT molecular complexity index is 783. The SMILES string of the molecule is Cc1ccc(NC(=O)CSc2nnc(CCC3CCCCC3)n2N)cc1C. The van der Waals surface area contributed by atoms with Crippen LogP contribution in [-0.2, 0) is 11.2 Å². The van der Waals surface area contributed by atoms with Crippen molar-refractivity contribution in [2.75, 3.05) is 16.9 Å². The average molecular weight is 388 g/mol. The predicted molar refractivity (Wildman–Crippen MR) is 110 cm³/mol. The van der Waals surface area contributed by atoms with E-state index in [2.05, 4.69) is 22.4 Å². The fourth-order valence-corrected chi connectivity index (χ4v) is 4.21. The molecule has 1 fully saturated rings. The molecule has 6 nitrogen and oxygen atoms in total. The van der Waals surface area contributed by atoms with Gasteiger partial charge < -0.3 is 11.2 Å². The standard InChI is InChI=1S/C20H29N5OS/c1-14-8-10-17(12-15(14)2)22-19(26)13-27-20-24-23-18(25(20)21)11-9-16-6-4-3-5-7-16/h8,10,12,16H,3-7,9,11,13,21H2,1-2H3,(H,22,26). The molecular formula is C20H29N5OS. The van der Waals surface area contributed by atoms with Crippen LogP contribution in [-0.4, -0.2) is 26.5 Å². The molecular weight excluding hydrogens is 358 g/mol. The molecule has 0 saturated heterocycles. The summed E-state index contributed by atoms with van der Waals surface area (Å²) < 4.78 is 1.54. The molecule has 1 aromatic heterocycles. The summed E-state index contributed by atoms with van der Waals surface area (Å²) in [5, 5.41) is 11.9. The zero-order chi connectivity index (χ0) is 19.2. The highest BCUT2D eigenvalue weighted by Gasteiger charge is 2.17. The van der Waals surface area contributed by atoms with Crippen LogP contribution in [0.5, 0.6) is 0 Å². The lowest BCUT2D eigenvalue weighted by molar-refractivity contribution is -0.113. The highest BCUT2D eigenvalue weighted by molar-refractivity contribution is 7.99. The van der Waals surface area contributed by atoms with Crippen molar-refractivity contribution >= 4 is 23.4 Å². The van der Waals surface area contributed by atoms with E-state index in [1.165, 1.54) is 54.1 Å². The Kier molecular flexibility index (Phi) is 6.77. The highest BCUT2D eigenvalue weighted by Crippen LogP contribution is 2.27. The maximum Gasteiger partial charge on any atom is 0.234 e. The molecule has 2 aromatic rings. The molecule has 0 bridgehead atoms. The summed E-state index contributed by atoms with van der Waals surface area (Å²) in [5.41, 5.74) is 3.18. The molecule has 27 heavy (non-hydrogen) atoms. The van der Waals surface area contributed by atoms with Crippen LogP contribution >= 0.6 is 11.8 Å². The molecule has 1 saturated carbocycles. The molecule has 0 unspecified atom stereocenters. The van der Waals surface area contributed by atoms with Gasteiger partial charge in [-0.2, -0.15) is 0 Å². The number of nitrogen functional groups attached to an aromatic ring is 1. The van der Waals surface area contributed by atoms with Crippen LogP contribution in [0.4, 0.5) is 5.69 Å². The van der Waals surface area contributed by atoms with Crippen LogP contribution in [0.1, 0.15) is 55.5 Å². The summed E-state index contributed by atoms with van der Waals surface area (Å²) in [6.07, 6.45) is 8.66. The van der Waals surface area contributed by atoms with Crippen LogP contribution in [0, 0.1) is 19.8 Å². The lowest BCUT2D eigenvalue weighted by atomic mass is 9.86. The van der Waals surface area contributed by atoms with Crippen molar-refractivity contribution in [2.24, 2.45) is 5.92 Å². The second-order valence-electron chi connectivity index (χ2n) is 7.45. The molecule has 1 aliphatic rings. The number of nitrogens with zero attached hydrogens (tertiary/aromatic N) is 3. The minimum absolute atomic E-state index is 0.0741. The average Bonchev–Trinajstić information content (AvgIpc) is 3.02. The summed E-state index contributed by atoms with van der Waals surface area (Å²) in [6, 6.07) is 5.90. The molecule has 1 heterocycles. The van der Waals surface area contributed by atoms with Crippen molar-refractivity contribution in [3.8, 4) is 0 Å². The van der Waals surface area contributed by atoms with Crippen LogP contribution in [0.25, 0.3) is 0 Å². The Balaban J connectivity index is 1.48. The number of thioether (sulfide) groups is 1. The summed E-state index contributed by atoms with van der Waals surface area (Å²) >= 11 is 1.32. The van der Waals surface area contributed by atoms with E-state index in [9.17, 15) is 4.79 Å². The van der Waals surface area contributed by atoms with Crippen molar-refractivity contribution < 1.29 is 4.79 Å². The Labute approximate surface area is 165 Å². The zero-order valence-corrected chi connectivity index (χ0v) is 17.0. The number of hydrogen-bond donors (Lipinski definition) is 2. The van der Waals surface area contributed by atoms with Gasteiger partial charge in [0.25, 0.3) is 0 Å². The third-order valence-electron chi connectivity index (χ3n) is 5.36. The fraction of sp³-hybridized carbons (Fsp3) is 0.550. The lowest BCUT2D eigenvalue weighted by Gasteiger charge is -2.20. The normalized spacial score (nSPS) is 15.0. The van der Waals surface area contributed by atoms with Crippen molar-refractivity contribution in [1.29, 1.82) is 0 Å². The predicted octanol–water partition coefficient (Wildman–Crippen LogP) is 3.85. The van der Waals surface area contributed by atoms with Gasteiger partial charge in [-0.05, 0) is 49.4 Å². The molecule has 0 atom stereocenters. The van der Waals surface area contributed by atoms with E-state index in [1.54, 1.807) is 0 Å². The number of amides is 1. The van der Waals surface area contributed by atoms with Crippen molar-refractivity contribution in [1.82, 2.24) is 14.9 Å². The minimum atomic E-state index is -0.0741. The van der Waals surface area contributed by atoms with Gasteiger partial charge in [0.2, 0.25) is 11.1 Å². The summed E-state index contributed by atoms with van der Waals surface area (Å²) in [5.74, 6) is 7.90. The van der Waals surface area contributed by atoms with E-state index in [-0.39, 0.29) is 11.7 Å². The molecule has 3 rings (SSSR count). The number of carbonyl (C=O) groups is 1. The quantitative estimate of drug-likeness (QED) is 0.557. The summed E-state index contributed by atoms with van der Waals surface area (Å²) in [4.78, 5) is 12.2. The van der Waals surface area contributed by atoms with Gasteiger partial charge in [-0.1, -0.05) is 49.9 Å². The first-order valence-electron chi connectivity index (χ1n) is 9.72. The van der Waals surface area contributed by atoms with Gasteiger partial charge in [0.05, 0.1) is 5.75 Å². The van der Waals surface area contributed by atoms with Crippen LogP contribution in [0.3, 0.4) is 0 Å². The number of hydrogen-bond acceptors (Lipinski definition) is 5. The number of benzene rings is 1. The summed E-state index contributed by atoms with van der Waals surface area (Å²) in [6.45, 7) is 4.09. The number of anilines is 1. The first-order valence-corrected chi connectivity index (χ1v) is 10.7. The van der Waals surface area contributed by atoms with Gasteiger partial charge in [0.1, 0.15) is 0 Å². The number of aryl methyl sites for hydroxylation is 3. The van der Waals surface area contributed by atoms with Crippen LogP contribution in [0.2, 0.25) is 0 Å². The first-order chi connectivity index (χ1) is 13.0. The minimum Gasteiger partial charge on any atom is -0.336 e. The Morgan fingerprint density at radius 2 is 2.00 bits per heavy atom. The maximum atomic E-state index is 12.2. The van der Waals surface area contributed by atoms with Gasteiger partial charge in [-0.25, -0.2) is 4.68 Å². The number of carbonyl (C=O) groups excluding carboxylic acids is 1. The lowest BCUT2D eigenvalue weighted by Crippen LogP contribution is -2.18. The molecule has 1 aliphatic carbocycles. The molecule has 1 amide bonds. The van der Waals surface area contributed by atoms with Gasteiger partial charge >= 0.3 is 0 Å². The van der Waals surface area contributed by atoms with E-state index in [4.69, 9.17) is 5.84 Å². The van der Waals surface area contributed by atoms with E-state index < -0.39 is 0 Å². The largest absolute Gasteiger partial charge is 0.336 e. The maximum absolute atomic E-state index is 12.2. The second kappa shape index (κ2) is 9.26. The Hall–Kier alpha value is -2.02. The summed E-state index contributed by atoms with van der Waals surface area (Å²) in [7, 11) is 0. The number of nitrogens with two attached hydrogens (primary N) is 1. The molecule has 1 aromatic carbocycles. The van der Waals surface area contributed by atoms with E-state index in [0.717, 1.165) is 35.8 Å². The van der Waals surface area contributed by atoms with Crippen molar-refractivity contribution in [3.63, 3.8) is 0 Å². The van der Waals surface area contributed by atoms with Gasteiger partial charge in [0, 0.05) is 12.1 Å². The van der Waals surface area contributed by atoms with Crippen molar-refractivity contribution in [3.05, 3.63) is 35.2 Å². The van der Waals surface area contributed by atoms with Crippen molar-refractivity contribution in [2.45, 2.75) is 63.9 Å². The molecule has 0 aliphatic heterocycles. The molecule has 7 heteroatoms. The highest BCUT2D eigenvalue weighted by atomic mass is 32.2. The van der Waals surface area contributed by atoms with Gasteiger partial charge in [-0.3, -0.25) is 4.79 Å². The van der Waals surface area contributed by atoms with E-state index in [0.29, 0.717) is 5.16 Å². The Morgan fingerprint density at radius 3 is 2.74 bits per heavy atom.